The molecule has 0 saturated carbocycles. The Hall–Kier alpha value is -1.06. The molecule has 0 aromatic heterocycles. The Labute approximate surface area is 101 Å². The number of hydrogen-bond donors (Lipinski definition) is 2. The quantitative estimate of drug-likeness (QED) is 0.777. The van der Waals surface area contributed by atoms with Crippen molar-refractivity contribution in [2.45, 2.75) is 20.3 Å². The number of amides is 1. The monoisotopic (exact) mass is 240 g/mol. The summed E-state index contributed by atoms with van der Waals surface area (Å²) in [4.78, 5) is 11.5. The first-order valence-corrected chi connectivity index (χ1v) is 5.78. The van der Waals surface area contributed by atoms with Gasteiger partial charge in [0, 0.05) is 10.7 Å². The highest BCUT2D eigenvalue weighted by molar-refractivity contribution is 6.31. The fraction of sp³-hybridized carbons (Fsp3) is 0.417. The molecule has 0 saturated heterocycles. The number of carbonyl (C=O) groups excluding carboxylic acids is 1. The van der Waals surface area contributed by atoms with Crippen LogP contribution in [0.5, 0.6) is 0 Å². The number of carbonyl (C=O) groups is 1. The van der Waals surface area contributed by atoms with Gasteiger partial charge in [-0.1, -0.05) is 24.6 Å². The van der Waals surface area contributed by atoms with Gasteiger partial charge in [0.1, 0.15) is 0 Å². The minimum atomic E-state index is -0.0478. The van der Waals surface area contributed by atoms with Gasteiger partial charge in [-0.25, -0.2) is 0 Å². The van der Waals surface area contributed by atoms with Crippen molar-refractivity contribution in [1.82, 2.24) is 5.32 Å². The Morgan fingerprint density at radius 2 is 2.19 bits per heavy atom. The van der Waals surface area contributed by atoms with Gasteiger partial charge in [-0.3, -0.25) is 4.79 Å². The Bertz CT molecular complexity index is 366. The largest absolute Gasteiger partial charge is 0.325 e. The van der Waals surface area contributed by atoms with Gasteiger partial charge in [0.05, 0.1) is 6.54 Å². The lowest BCUT2D eigenvalue weighted by Crippen LogP contribution is -2.28. The molecule has 1 aromatic rings. The molecular formula is C12H17ClN2O. The number of rotatable bonds is 5. The van der Waals surface area contributed by atoms with Gasteiger partial charge in [-0.2, -0.15) is 0 Å². The van der Waals surface area contributed by atoms with Crippen molar-refractivity contribution in [3.63, 3.8) is 0 Å². The highest BCUT2D eigenvalue weighted by Gasteiger charge is 2.02. The normalized spacial score (nSPS) is 10.2. The van der Waals surface area contributed by atoms with Crippen molar-refractivity contribution in [3.05, 3.63) is 28.8 Å². The average Bonchev–Trinajstić information content (AvgIpc) is 2.24. The van der Waals surface area contributed by atoms with Crippen LogP contribution in [0.4, 0.5) is 5.69 Å². The van der Waals surface area contributed by atoms with Gasteiger partial charge in [-0.05, 0) is 37.6 Å². The smallest absolute Gasteiger partial charge is 0.238 e. The fourth-order valence-electron chi connectivity index (χ4n) is 1.25. The van der Waals surface area contributed by atoms with Gasteiger partial charge < -0.3 is 10.6 Å². The van der Waals surface area contributed by atoms with Crippen molar-refractivity contribution < 1.29 is 4.79 Å². The summed E-state index contributed by atoms with van der Waals surface area (Å²) >= 11 is 5.96. The molecule has 0 spiro atoms. The maximum Gasteiger partial charge on any atom is 0.238 e. The predicted octanol–water partition coefficient (Wildman–Crippen LogP) is 2.59. The summed E-state index contributed by atoms with van der Waals surface area (Å²) in [6.07, 6.45) is 1.02. The van der Waals surface area contributed by atoms with Gasteiger partial charge in [0.15, 0.2) is 0 Å². The molecule has 88 valence electrons. The summed E-state index contributed by atoms with van der Waals surface area (Å²) in [5.74, 6) is -0.0478. The summed E-state index contributed by atoms with van der Waals surface area (Å²) < 4.78 is 0. The van der Waals surface area contributed by atoms with Crippen LogP contribution in [-0.2, 0) is 4.79 Å². The van der Waals surface area contributed by atoms with Gasteiger partial charge in [0.25, 0.3) is 0 Å². The summed E-state index contributed by atoms with van der Waals surface area (Å²) in [7, 11) is 0. The summed E-state index contributed by atoms with van der Waals surface area (Å²) in [5, 5.41) is 6.49. The molecule has 16 heavy (non-hydrogen) atoms. The van der Waals surface area contributed by atoms with Crippen molar-refractivity contribution in [3.8, 4) is 0 Å². The van der Waals surface area contributed by atoms with Gasteiger partial charge in [0.2, 0.25) is 5.91 Å². The number of halogens is 1. The second kappa shape index (κ2) is 6.51. The average molecular weight is 241 g/mol. The zero-order valence-corrected chi connectivity index (χ0v) is 10.4. The van der Waals surface area contributed by atoms with Crippen LogP contribution in [0.1, 0.15) is 18.9 Å². The lowest BCUT2D eigenvalue weighted by atomic mass is 10.2. The molecule has 2 N–H and O–H groups in total. The molecule has 1 amide bonds. The zero-order valence-electron chi connectivity index (χ0n) is 9.64. The van der Waals surface area contributed by atoms with Crippen molar-refractivity contribution in [2.24, 2.45) is 0 Å². The van der Waals surface area contributed by atoms with Crippen LogP contribution in [-0.4, -0.2) is 19.0 Å². The van der Waals surface area contributed by atoms with Crippen LogP contribution in [0.2, 0.25) is 5.02 Å². The molecular weight excluding hydrogens is 224 g/mol. The molecule has 1 aromatic carbocycles. The maximum absolute atomic E-state index is 11.5. The molecule has 0 aliphatic rings. The first-order valence-electron chi connectivity index (χ1n) is 5.40. The zero-order chi connectivity index (χ0) is 12.0. The number of anilines is 1. The van der Waals surface area contributed by atoms with Crippen molar-refractivity contribution in [1.29, 1.82) is 0 Å². The van der Waals surface area contributed by atoms with E-state index >= 15 is 0 Å². The molecule has 0 unspecified atom stereocenters. The van der Waals surface area contributed by atoms with E-state index in [1.54, 1.807) is 6.07 Å². The Morgan fingerprint density at radius 1 is 1.44 bits per heavy atom. The maximum atomic E-state index is 11.5. The Morgan fingerprint density at radius 3 is 2.81 bits per heavy atom. The van der Waals surface area contributed by atoms with Crippen LogP contribution in [0, 0.1) is 6.92 Å². The number of nitrogens with one attached hydrogen (secondary N) is 2. The van der Waals surface area contributed by atoms with E-state index in [0.29, 0.717) is 11.6 Å². The fourth-order valence-corrected chi connectivity index (χ4v) is 1.44. The minimum Gasteiger partial charge on any atom is -0.325 e. The first kappa shape index (κ1) is 13.0. The Kier molecular flexibility index (Phi) is 5.29. The predicted molar refractivity (Wildman–Crippen MR) is 68.0 cm³/mol. The summed E-state index contributed by atoms with van der Waals surface area (Å²) in [6.45, 7) is 5.17. The topological polar surface area (TPSA) is 41.1 Å². The third-order valence-electron chi connectivity index (χ3n) is 2.17. The van der Waals surface area contributed by atoms with E-state index in [-0.39, 0.29) is 5.91 Å². The lowest BCUT2D eigenvalue weighted by molar-refractivity contribution is -0.115. The van der Waals surface area contributed by atoms with Crippen LogP contribution < -0.4 is 10.6 Å². The number of hydrogen-bond acceptors (Lipinski definition) is 2. The van der Waals surface area contributed by atoms with E-state index in [2.05, 4.69) is 17.6 Å². The molecule has 0 heterocycles. The van der Waals surface area contributed by atoms with Crippen molar-refractivity contribution in [2.75, 3.05) is 18.4 Å². The standard InChI is InChI=1S/C12H17ClN2O/c1-3-6-14-8-12(16)15-10-5-4-9(2)11(13)7-10/h4-5,7,14H,3,6,8H2,1-2H3,(H,15,16). The summed E-state index contributed by atoms with van der Waals surface area (Å²) in [6, 6.07) is 5.49. The highest BCUT2D eigenvalue weighted by atomic mass is 35.5. The number of aryl methyl sites for hydroxylation is 1. The van der Waals surface area contributed by atoms with Crippen LogP contribution >= 0.6 is 11.6 Å². The Balaban J connectivity index is 2.46. The summed E-state index contributed by atoms with van der Waals surface area (Å²) in [5.41, 5.74) is 1.74. The van der Waals surface area contributed by atoms with E-state index in [0.717, 1.165) is 24.2 Å². The molecule has 4 heteroatoms. The molecule has 0 fully saturated rings. The second-order valence-corrected chi connectivity index (χ2v) is 4.10. The lowest BCUT2D eigenvalue weighted by Gasteiger charge is -2.07. The van der Waals surface area contributed by atoms with E-state index in [1.165, 1.54) is 0 Å². The molecule has 1 rings (SSSR count). The SMILES string of the molecule is CCCNCC(=O)Nc1ccc(C)c(Cl)c1. The first-order chi connectivity index (χ1) is 7.63. The van der Waals surface area contributed by atoms with Gasteiger partial charge >= 0.3 is 0 Å². The third-order valence-corrected chi connectivity index (χ3v) is 2.58. The van der Waals surface area contributed by atoms with E-state index in [1.807, 2.05) is 19.1 Å². The molecule has 0 radical (unpaired) electrons. The molecule has 3 nitrogen and oxygen atoms in total. The van der Waals surface area contributed by atoms with Crippen LogP contribution in [0.3, 0.4) is 0 Å². The molecule has 0 atom stereocenters. The van der Waals surface area contributed by atoms with Crippen molar-refractivity contribution >= 4 is 23.2 Å². The molecule has 0 aliphatic heterocycles. The van der Waals surface area contributed by atoms with Crippen LogP contribution in [0.15, 0.2) is 18.2 Å². The van der Waals surface area contributed by atoms with E-state index in [4.69, 9.17) is 11.6 Å². The van der Waals surface area contributed by atoms with E-state index < -0.39 is 0 Å². The van der Waals surface area contributed by atoms with Crippen LogP contribution in [0.25, 0.3) is 0 Å². The van der Waals surface area contributed by atoms with E-state index in [9.17, 15) is 4.79 Å². The minimum absolute atomic E-state index is 0.0478. The molecule has 0 bridgehead atoms. The number of benzene rings is 1. The second-order valence-electron chi connectivity index (χ2n) is 3.69. The highest BCUT2D eigenvalue weighted by Crippen LogP contribution is 2.19. The van der Waals surface area contributed by atoms with Gasteiger partial charge in [-0.15, -0.1) is 0 Å². The molecule has 0 aliphatic carbocycles. The third kappa shape index (κ3) is 4.21.